The van der Waals surface area contributed by atoms with Gasteiger partial charge in [-0.05, 0) is 0 Å². The molecule has 0 spiro atoms. The maximum atomic E-state index is 12.1. The number of morpholine rings is 1. The zero-order chi connectivity index (χ0) is 17.4. The fraction of sp³-hybridized carbons (Fsp3) is 0.562. The maximum absolute atomic E-state index is 12.1. The van der Waals surface area contributed by atoms with Gasteiger partial charge in [0, 0.05) is 38.3 Å². The molecule has 1 amide bonds. The van der Waals surface area contributed by atoms with Gasteiger partial charge in [0.1, 0.15) is 11.5 Å². The smallest absolute Gasteiger partial charge is 0.238 e. The Kier molecular flexibility index (Phi) is 7.58. The van der Waals surface area contributed by atoms with Crippen molar-refractivity contribution in [1.29, 1.82) is 0 Å². The molecule has 7 nitrogen and oxygen atoms in total. The van der Waals surface area contributed by atoms with E-state index in [1.807, 2.05) is 0 Å². The Balaban J connectivity index is 1.79. The molecule has 1 aliphatic heterocycles. The highest BCUT2D eigenvalue weighted by molar-refractivity contribution is 6.32. The number of nitrogens with one attached hydrogen (secondary N) is 2. The third-order valence-corrected chi connectivity index (χ3v) is 4.04. The van der Waals surface area contributed by atoms with Crippen LogP contribution in [0.15, 0.2) is 12.1 Å². The Bertz CT molecular complexity index is 550. The zero-order valence-corrected chi connectivity index (χ0v) is 14.8. The highest BCUT2D eigenvalue weighted by atomic mass is 35.5. The lowest BCUT2D eigenvalue weighted by Crippen LogP contribution is -2.41. The number of nitrogens with zero attached hydrogens (tertiary/aromatic N) is 1. The summed E-state index contributed by atoms with van der Waals surface area (Å²) in [7, 11) is 3.04. The minimum Gasteiger partial charge on any atom is -0.495 e. The van der Waals surface area contributed by atoms with Crippen LogP contribution in [-0.4, -0.2) is 71.0 Å². The number of carbonyl (C=O) groups excluding carboxylic acids is 1. The lowest BCUT2D eigenvalue weighted by atomic mass is 10.2. The average Bonchev–Trinajstić information content (AvgIpc) is 2.60. The van der Waals surface area contributed by atoms with Crippen LogP contribution in [0.1, 0.15) is 0 Å². The lowest BCUT2D eigenvalue weighted by molar-refractivity contribution is -0.115. The number of rotatable bonds is 8. The van der Waals surface area contributed by atoms with Gasteiger partial charge in [-0.3, -0.25) is 9.69 Å². The van der Waals surface area contributed by atoms with Crippen molar-refractivity contribution in [1.82, 2.24) is 10.2 Å². The molecule has 0 unspecified atom stereocenters. The van der Waals surface area contributed by atoms with Gasteiger partial charge >= 0.3 is 0 Å². The Labute approximate surface area is 147 Å². The summed E-state index contributed by atoms with van der Waals surface area (Å²) < 4.78 is 15.7. The molecule has 0 aliphatic carbocycles. The third kappa shape index (κ3) is 5.52. The third-order valence-electron chi connectivity index (χ3n) is 3.74. The number of carbonyl (C=O) groups is 1. The number of anilines is 1. The molecular formula is C16H24ClN3O4. The minimum absolute atomic E-state index is 0.153. The first kappa shape index (κ1) is 18.8. The number of benzene rings is 1. The molecule has 1 aromatic carbocycles. The first-order valence-electron chi connectivity index (χ1n) is 7.86. The number of hydrogen-bond acceptors (Lipinski definition) is 6. The number of methoxy groups -OCH3 is 2. The van der Waals surface area contributed by atoms with Crippen LogP contribution in [0.2, 0.25) is 5.02 Å². The van der Waals surface area contributed by atoms with E-state index in [1.54, 1.807) is 12.1 Å². The molecule has 0 saturated carbocycles. The molecule has 1 aliphatic rings. The number of amides is 1. The predicted octanol–water partition coefficient (Wildman–Crippen LogP) is 1.22. The monoisotopic (exact) mass is 357 g/mol. The molecule has 8 heteroatoms. The van der Waals surface area contributed by atoms with Gasteiger partial charge in [0.15, 0.2) is 0 Å². The van der Waals surface area contributed by atoms with Crippen molar-refractivity contribution in [3.8, 4) is 11.5 Å². The molecule has 1 fully saturated rings. The van der Waals surface area contributed by atoms with E-state index in [-0.39, 0.29) is 12.5 Å². The van der Waals surface area contributed by atoms with Crippen LogP contribution >= 0.6 is 11.6 Å². The Morgan fingerprint density at radius 2 is 1.96 bits per heavy atom. The molecule has 0 atom stereocenters. The lowest BCUT2D eigenvalue weighted by Gasteiger charge is -2.26. The Morgan fingerprint density at radius 3 is 2.62 bits per heavy atom. The molecule has 1 heterocycles. The van der Waals surface area contributed by atoms with E-state index in [0.29, 0.717) is 22.2 Å². The van der Waals surface area contributed by atoms with E-state index >= 15 is 0 Å². The number of hydrogen-bond donors (Lipinski definition) is 2. The quantitative estimate of drug-likeness (QED) is 0.682. The van der Waals surface area contributed by atoms with Crippen LogP contribution in [0.4, 0.5) is 5.69 Å². The average molecular weight is 358 g/mol. The fourth-order valence-corrected chi connectivity index (χ4v) is 2.65. The predicted molar refractivity (Wildman–Crippen MR) is 93.3 cm³/mol. The standard InChI is InChI=1S/C16H24ClN3O4/c1-22-14-10-13(15(23-2)9-12(14)17)19-16(21)11-18-3-4-20-5-7-24-8-6-20/h9-10,18H,3-8,11H2,1-2H3,(H,19,21). The van der Waals surface area contributed by atoms with Crippen molar-refractivity contribution in [2.75, 3.05) is 65.5 Å². The van der Waals surface area contributed by atoms with Crippen molar-refractivity contribution in [3.63, 3.8) is 0 Å². The first-order valence-corrected chi connectivity index (χ1v) is 8.24. The SMILES string of the molecule is COc1cc(NC(=O)CNCCN2CCOCC2)c(OC)cc1Cl. The van der Waals surface area contributed by atoms with E-state index in [0.717, 1.165) is 39.4 Å². The molecule has 0 radical (unpaired) electrons. The van der Waals surface area contributed by atoms with Crippen molar-refractivity contribution in [2.45, 2.75) is 0 Å². The van der Waals surface area contributed by atoms with Crippen molar-refractivity contribution < 1.29 is 19.0 Å². The van der Waals surface area contributed by atoms with E-state index in [9.17, 15) is 4.79 Å². The molecule has 0 aromatic heterocycles. The summed E-state index contributed by atoms with van der Waals surface area (Å²) in [6.45, 7) is 5.30. The van der Waals surface area contributed by atoms with Crippen molar-refractivity contribution in [3.05, 3.63) is 17.2 Å². The van der Waals surface area contributed by atoms with Gasteiger partial charge in [0.25, 0.3) is 0 Å². The summed E-state index contributed by atoms with van der Waals surface area (Å²) >= 11 is 6.05. The summed E-state index contributed by atoms with van der Waals surface area (Å²) in [5.41, 5.74) is 0.527. The second kappa shape index (κ2) is 9.68. The number of halogens is 1. The van der Waals surface area contributed by atoms with Crippen molar-refractivity contribution >= 4 is 23.2 Å². The molecule has 134 valence electrons. The fourth-order valence-electron chi connectivity index (χ4n) is 2.42. The normalized spacial score (nSPS) is 15.1. The van der Waals surface area contributed by atoms with Gasteiger partial charge < -0.3 is 24.8 Å². The van der Waals surface area contributed by atoms with Crippen LogP contribution in [0.25, 0.3) is 0 Å². The Morgan fingerprint density at radius 1 is 1.25 bits per heavy atom. The van der Waals surface area contributed by atoms with Crippen LogP contribution in [-0.2, 0) is 9.53 Å². The first-order chi connectivity index (χ1) is 11.6. The van der Waals surface area contributed by atoms with Gasteiger partial charge in [-0.1, -0.05) is 11.6 Å². The molecule has 2 rings (SSSR count). The molecule has 0 bridgehead atoms. The van der Waals surface area contributed by atoms with Crippen LogP contribution < -0.4 is 20.1 Å². The summed E-state index contributed by atoms with van der Waals surface area (Å²) in [6, 6.07) is 3.26. The van der Waals surface area contributed by atoms with E-state index in [1.165, 1.54) is 14.2 Å². The van der Waals surface area contributed by atoms with Gasteiger partial charge in [0.2, 0.25) is 5.91 Å². The van der Waals surface area contributed by atoms with E-state index < -0.39 is 0 Å². The Hall–Kier alpha value is -1.54. The van der Waals surface area contributed by atoms with E-state index in [4.69, 9.17) is 25.8 Å². The van der Waals surface area contributed by atoms with Crippen molar-refractivity contribution in [2.24, 2.45) is 0 Å². The molecule has 2 N–H and O–H groups in total. The van der Waals surface area contributed by atoms with Gasteiger partial charge in [-0.25, -0.2) is 0 Å². The second-order valence-electron chi connectivity index (χ2n) is 5.37. The van der Waals surface area contributed by atoms with Crippen LogP contribution in [0, 0.1) is 0 Å². The van der Waals surface area contributed by atoms with Crippen LogP contribution in [0.3, 0.4) is 0 Å². The molecule has 1 aromatic rings. The van der Waals surface area contributed by atoms with Crippen LogP contribution in [0.5, 0.6) is 11.5 Å². The highest BCUT2D eigenvalue weighted by Crippen LogP contribution is 2.35. The number of ether oxygens (including phenoxy) is 3. The van der Waals surface area contributed by atoms with E-state index in [2.05, 4.69) is 15.5 Å². The summed E-state index contributed by atoms with van der Waals surface area (Å²) in [5, 5.41) is 6.37. The minimum atomic E-state index is -0.153. The molecule has 1 saturated heterocycles. The van der Waals surface area contributed by atoms with Gasteiger partial charge in [-0.2, -0.15) is 0 Å². The van der Waals surface area contributed by atoms with Gasteiger partial charge in [-0.15, -0.1) is 0 Å². The molecule has 24 heavy (non-hydrogen) atoms. The maximum Gasteiger partial charge on any atom is 0.238 e. The summed E-state index contributed by atoms with van der Waals surface area (Å²) in [4.78, 5) is 14.4. The summed E-state index contributed by atoms with van der Waals surface area (Å²) in [5.74, 6) is 0.815. The second-order valence-corrected chi connectivity index (χ2v) is 5.77. The zero-order valence-electron chi connectivity index (χ0n) is 14.1. The highest BCUT2D eigenvalue weighted by Gasteiger charge is 2.13. The largest absolute Gasteiger partial charge is 0.495 e. The molecular weight excluding hydrogens is 334 g/mol. The summed E-state index contributed by atoms with van der Waals surface area (Å²) in [6.07, 6.45) is 0. The topological polar surface area (TPSA) is 72.1 Å². The van der Waals surface area contributed by atoms with Gasteiger partial charge in [0.05, 0.1) is 44.7 Å².